The molecule has 3 heterocycles. The minimum absolute atomic E-state index is 0.0171. The van der Waals surface area contributed by atoms with Gasteiger partial charge < -0.3 is 14.4 Å². The molecule has 2 saturated heterocycles. The molecule has 0 bridgehead atoms. The molecule has 1 unspecified atom stereocenters. The Bertz CT molecular complexity index is 1970. The maximum atomic E-state index is 15.0. The first-order chi connectivity index (χ1) is 21.7. The van der Waals surface area contributed by atoms with Gasteiger partial charge in [-0.2, -0.15) is 18.0 Å². The minimum atomic E-state index is -4.21. The Morgan fingerprint density at radius 1 is 1.02 bits per heavy atom. The van der Waals surface area contributed by atoms with Crippen molar-refractivity contribution in [1.82, 2.24) is 13.9 Å². The highest BCUT2D eigenvalue weighted by molar-refractivity contribution is 7.90. The van der Waals surface area contributed by atoms with Crippen LogP contribution in [0.15, 0.2) is 65.7 Å². The Morgan fingerprint density at radius 3 is 2.42 bits per heavy atom. The van der Waals surface area contributed by atoms with Crippen molar-refractivity contribution in [2.24, 2.45) is 5.92 Å². The van der Waals surface area contributed by atoms with Gasteiger partial charge >= 0.3 is 10.2 Å². The van der Waals surface area contributed by atoms with Crippen molar-refractivity contribution in [2.75, 3.05) is 35.8 Å². The molecule has 1 aromatic heterocycles. The molecule has 14 heteroatoms. The summed E-state index contributed by atoms with van der Waals surface area (Å²) in [6.07, 6.45) is 2.76. The van der Waals surface area contributed by atoms with Gasteiger partial charge in [0.25, 0.3) is 5.56 Å². The third-order valence-corrected chi connectivity index (χ3v) is 9.56. The number of aromatic nitrogens is 2. The molecule has 1 N–H and O–H groups in total. The van der Waals surface area contributed by atoms with Crippen molar-refractivity contribution in [1.29, 1.82) is 5.26 Å². The maximum Gasteiger partial charge on any atom is 0.301 e. The van der Waals surface area contributed by atoms with Crippen LogP contribution in [0.2, 0.25) is 0 Å². The van der Waals surface area contributed by atoms with Crippen LogP contribution in [-0.2, 0) is 15.0 Å². The Morgan fingerprint density at radius 2 is 1.76 bits per heavy atom. The Labute approximate surface area is 257 Å². The number of hydrogen-bond donors (Lipinski definition) is 1. The van der Waals surface area contributed by atoms with Crippen LogP contribution in [0.3, 0.4) is 0 Å². The largest absolute Gasteiger partial charge is 0.453 e. The van der Waals surface area contributed by atoms with Crippen molar-refractivity contribution >= 4 is 38.8 Å². The summed E-state index contributed by atoms with van der Waals surface area (Å²) in [7, 11) is -4.21. The van der Waals surface area contributed by atoms with E-state index in [1.807, 2.05) is 12.1 Å². The summed E-state index contributed by atoms with van der Waals surface area (Å²) in [6, 6.07) is 15.5. The van der Waals surface area contributed by atoms with Crippen LogP contribution in [0.25, 0.3) is 16.6 Å². The van der Waals surface area contributed by atoms with Crippen molar-refractivity contribution in [3.63, 3.8) is 0 Å². The second-order valence-electron chi connectivity index (χ2n) is 10.9. The number of anilines is 2. The number of nitrogens with zero attached hydrogens (tertiary/aromatic N) is 5. The van der Waals surface area contributed by atoms with E-state index in [1.165, 1.54) is 29.1 Å². The number of rotatable bonds is 8. The van der Waals surface area contributed by atoms with Gasteiger partial charge in [-0.3, -0.25) is 14.1 Å². The first-order valence-electron chi connectivity index (χ1n) is 14.3. The Balaban J connectivity index is 1.27. The molecule has 0 amide bonds. The number of halogens is 2. The number of aldehydes is 1. The zero-order valence-electron chi connectivity index (χ0n) is 23.9. The van der Waals surface area contributed by atoms with Crippen LogP contribution >= 0.6 is 0 Å². The van der Waals surface area contributed by atoms with Gasteiger partial charge in [0.15, 0.2) is 11.6 Å². The first kappa shape index (κ1) is 30.2. The molecule has 6 rings (SSSR count). The number of carbonyl (C=O) groups excluding carboxylic acids is 1. The standard InChI is InChI=1S/C31H28F2N6O5S/c32-21-11-14-38(17-21)45(42,43)36-29-8-6-27(33)30(26(29)16-34)44-24-5-7-28-25(15-24)31(41)39(19-35-28)23-3-1-22(2-4-23)37-12-9-20(18-40)10-13-37/h1-8,15,18-21,36H,9-14,17H2. The molecule has 1 atom stereocenters. The topological polar surface area (TPSA) is 138 Å². The van der Waals surface area contributed by atoms with Gasteiger partial charge in [0.05, 0.1) is 22.3 Å². The van der Waals surface area contributed by atoms with Crippen molar-refractivity contribution in [2.45, 2.75) is 25.4 Å². The van der Waals surface area contributed by atoms with Gasteiger partial charge in [0.1, 0.15) is 36.2 Å². The van der Waals surface area contributed by atoms with E-state index in [-0.39, 0.29) is 42.3 Å². The highest BCUT2D eigenvalue weighted by atomic mass is 32.2. The van der Waals surface area contributed by atoms with E-state index in [1.54, 1.807) is 18.2 Å². The predicted molar refractivity (Wildman–Crippen MR) is 163 cm³/mol. The molecule has 0 aliphatic carbocycles. The number of carbonyl (C=O) groups is 1. The second-order valence-corrected chi connectivity index (χ2v) is 12.6. The van der Waals surface area contributed by atoms with Gasteiger partial charge in [0, 0.05) is 37.8 Å². The lowest BCUT2D eigenvalue weighted by molar-refractivity contribution is -0.111. The SMILES string of the molecule is N#Cc1c(NS(=O)(=O)N2CCC(F)C2)ccc(F)c1Oc1ccc2ncn(-c3ccc(N4CCC(C=O)CC4)cc3)c(=O)c2c1. The smallest absolute Gasteiger partial charge is 0.301 e. The average Bonchev–Trinajstić information content (AvgIpc) is 3.50. The highest BCUT2D eigenvalue weighted by Crippen LogP contribution is 2.35. The lowest BCUT2D eigenvalue weighted by Gasteiger charge is -2.31. The summed E-state index contributed by atoms with van der Waals surface area (Å²) < 4.78 is 64.4. The fourth-order valence-corrected chi connectivity index (χ4v) is 6.83. The fourth-order valence-electron chi connectivity index (χ4n) is 5.55. The van der Waals surface area contributed by atoms with Crippen LogP contribution in [0.1, 0.15) is 24.8 Å². The van der Waals surface area contributed by atoms with Crippen molar-refractivity contribution in [3.8, 4) is 23.3 Å². The van der Waals surface area contributed by atoms with Gasteiger partial charge in [-0.1, -0.05) is 0 Å². The fraction of sp³-hybridized carbons (Fsp3) is 0.290. The third kappa shape index (κ3) is 6.09. The molecule has 0 spiro atoms. The van der Waals surface area contributed by atoms with Gasteiger partial charge in [0.2, 0.25) is 0 Å². The van der Waals surface area contributed by atoms with Crippen molar-refractivity contribution in [3.05, 3.63) is 82.7 Å². The predicted octanol–water partition coefficient (Wildman–Crippen LogP) is 4.30. The number of nitriles is 1. The number of alkyl halides is 1. The van der Waals surface area contributed by atoms with E-state index in [0.717, 1.165) is 54.3 Å². The molecule has 232 valence electrons. The highest BCUT2D eigenvalue weighted by Gasteiger charge is 2.32. The van der Waals surface area contributed by atoms with E-state index in [9.17, 15) is 32.0 Å². The molecular weight excluding hydrogens is 606 g/mol. The molecule has 0 radical (unpaired) electrons. The van der Waals surface area contributed by atoms with Crippen LogP contribution in [-0.4, -0.2) is 60.9 Å². The molecule has 45 heavy (non-hydrogen) atoms. The van der Waals surface area contributed by atoms with Crippen LogP contribution in [0, 0.1) is 23.1 Å². The molecule has 0 saturated carbocycles. The first-order valence-corrected chi connectivity index (χ1v) is 15.8. The lowest BCUT2D eigenvalue weighted by atomic mass is 9.98. The van der Waals surface area contributed by atoms with E-state index in [0.29, 0.717) is 11.2 Å². The molecule has 2 fully saturated rings. The Kier molecular flexibility index (Phi) is 8.22. The summed E-state index contributed by atoms with van der Waals surface area (Å²) >= 11 is 0. The quantitative estimate of drug-likeness (QED) is 0.283. The van der Waals surface area contributed by atoms with Gasteiger partial charge in [-0.25, -0.2) is 13.8 Å². The molecular formula is C31H28F2N6O5S. The summed E-state index contributed by atoms with van der Waals surface area (Å²) in [5.74, 6) is -1.37. The maximum absolute atomic E-state index is 15.0. The normalized spacial score (nSPS) is 17.7. The lowest BCUT2D eigenvalue weighted by Crippen LogP contribution is -2.34. The van der Waals surface area contributed by atoms with E-state index < -0.39 is 39.1 Å². The van der Waals surface area contributed by atoms with Crippen molar-refractivity contribution < 1.29 is 26.7 Å². The summed E-state index contributed by atoms with van der Waals surface area (Å²) in [5.41, 5.74) is 0.836. The van der Waals surface area contributed by atoms with Crippen LogP contribution < -0.4 is 19.9 Å². The monoisotopic (exact) mass is 634 g/mol. The number of fused-ring (bicyclic) bond motifs is 1. The summed E-state index contributed by atoms with van der Waals surface area (Å²) in [6.45, 7) is 1.18. The number of ether oxygens (including phenoxy) is 1. The molecule has 3 aromatic carbocycles. The van der Waals surface area contributed by atoms with Gasteiger partial charge in [-0.15, -0.1) is 0 Å². The Hall–Kier alpha value is -4.87. The van der Waals surface area contributed by atoms with E-state index in [4.69, 9.17) is 4.74 Å². The molecule has 4 aromatic rings. The number of benzene rings is 3. The van der Waals surface area contributed by atoms with E-state index >= 15 is 0 Å². The zero-order chi connectivity index (χ0) is 31.7. The molecule has 11 nitrogen and oxygen atoms in total. The minimum Gasteiger partial charge on any atom is -0.453 e. The summed E-state index contributed by atoms with van der Waals surface area (Å²) in [4.78, 5) is 31.2. The van der Waals surface area contributed by atoms with Crippen LogP contribution in [0.4, 0.5) is 20.2 Å². The number of nitrogens with one attached hydrogen (secondary N) is 1. The van der Waals surface area contributed by atoms with Crippen LogP contribution in [0.5, 0.6) is 11.5 Å². The third-order valence-electron chi connectivity index (χ3n) is 8.07. The molecule has 2 aliphatic heterocycles. The average molecular weight is 635 g/mol. The number of hydrogen-bond acceptors (Lipinski definition) is 8. The second kappa shape index (κ2) is 12.3. The summed E-state index contributed by atoms with van der Waals surface area (Å²) in [5, 5.41) is 9.99. The van der Waals surface area contributed by atoms with E-state index in [2.05, 4.69) is 14.6 Å². The zero-order valence-corrected chi connectivity index (χ0v) is 24.7. The number of piperidine rings is 1. The molecule has 2 aliphatic rings. The van der Waals surface area contributed by atoms with Gasteiger partial charge in [-0.05, 0) is 73.9 Å².